The number of nitrogens with zero attached hydrogens (tertiary/aromatic N) is 2. The van der Waals surface area contributed by atoms with Gasteiger partial charge in [0.15, 0.2) is 0 Å². The van der Waals surface area contributed by atoms with Crippen LogP contribution in [0.15, 0.2) is 48.5 Å². The average molecular weight is 398 g/mol. The highest BCUT2D eigenvalue weighted by Gasteiger charge is 2.50. The Morgan fingerprint density at radius 2 is 1.76 bits per heavy atom. The van der Waals surface area contributed by atoms with E-state index in [4.69, 9.17) is 4.74 Å². The fourth-order valence-electron chi connectivity index (χ4n) is 4.27. The SMILES string of the molecule is COCC(=O)N1CCCC1(Cc1ccccc1-c1ccccc1F)C(=O)N(C)C. The van der Waals surface area contributed by atoms with Crippen molar-refractivity contribution < 1.29 is 18.7 Å². The van der Waals surface area contributed by atoms with Crippen molar-refractivity contribution >= 4 is 11.8 Å². The van der Waals surface area contributed by atoms with Crippen LogP contribution in [-0.4, -0.2) is 61.5 Å². The van der Waals surface area contributed by atoms with Crippen LogP contribution in [0, 0.1) is 5.82 Å². The minimum absolute atomic E-state index is 0.0720. The molecule has 29 heavy (non-hydrogen) atoms. The summed E-state index contributed by atoms with van der Waals surface area (Å²) in [6, 6.07) is 14.1. The van der Waals surface area contributed by atoms with Crippen molar-refractivity contribution in [3.05, 3.63) is 59.9 Å². The van der Waals surface area contributed by atoms with E-state index in [1.54, 1.807) is 37.2 Å². The Morgan fingerprint density at radius 3 is 2.41 bits per heavy atom. The third kappa shape index (κ3) is 4.03. The molecule has 0 saturated carbocycles. The van der Waals surface area contributed by atoms with E-state index in [0.29, 0.717) is 24.9 Å². The van der Waals surface area contributed by atoms with Gasteiger partial charge in [-0.25, -0.2) is 4.39 Å². The monoisotopic (exact) mass is 398 g/mol. The van der Waals surface area contributed by atoms with Crippen molar-refractivity contribution in [3.63, 3.8) is 0 Å². The molecule has 154 valence electrons. The normalized spacial score (nSPS) is 18.7. The molecule has 1 aliphatic heterocycles. The van der Waals surface area contributed by atoms with E-state index >= 15 is 0 Å². The second-order valence-corrected chi connectivity index (χ2v) is 7.63. The summed E-state index contributed by atoms with van der Waals surface area (Å²) in [6.45, 7) is 0.432. The van der Waals surface area contributed by atoms with Gasteiger partial charge in [0.25, 0.3) is 0 Å². The van der Waals surface area contributed by atoms with Gasteiger partial charge in [0.05, 0.1) is 0 Å². The molecule has 1 saturated heterocycles. The summed E-state index contributed by atoms with van der Waals surface area (Å²) < 4.78 is 19.5. The lowest BCUT2D eigenvalue weighted by Gasteiger charge is -2.39. The zero-order chi connectivity index (χ0) is 21.0. The van der Waals surface area contributed by atoms with Gasteiger partial charge in [-0.15, -0.1) is 0 Å². The van der Waals surface area contributed by atoms with Crippen LogP contribution in [0.2, 0.25) is 0 Å². The molecule has 0 radical (unpaired) electrons. The summed E-state index contributed by atoms with van der Waals surface area (Å²) in [4.78, 5) is 29.3. The van der Waals surface area contributed by atoms with Crippen molar-refractivity contribution in [2.45, 2.75) is 24.8 Å². The molecule has 2 aromatic rings. The van der Waals surface area contributed by atoms with Crippen LogP contribution >= 0.6 is 0 Å². The maximum Gasteiger partial charge on any atom is 0.249 e. The van der Waals surface area contributed by atoms with Gasteiger partial charge >= 0.3 is 0 Å². The highest BCUT2D eigenvalue weighted by Crippen LogP contribution is 2.37. The van der Waals surface area contributed by atoms with E-state index in [9.17, 15) is 14.0 Å². The molecule has 2 aromatic carbocycles. The molecule has 5 nitrogen and oxygen atoms in total. The van der Waals surface area contributed by atoms with Gasteiger partial charge in [0, 0.05) is 39.7 Å². The number of rotatable bonds is 6. The minimum atomic E-state index is -1.000. The lowest BCUT2D eigenvalue weighted by Crippen LogP contribution is -2.59. The maximum atomic E-state index is 14.5. The molecule has 0 spiro atoms. The fraction of sp³-hybridized carbons (Fsp3) is 0.391. The molecule has 3 rings (SSSR count). The lowest BCUT2D eigenvalue weighted by atomic mass is 9.83. The molecule has 1 unspecified atom stereocenters. The standard InChI is InChI=1S/C23H27FN2O3/c1-25(2)22(28)23(13-8-14-26(23)21(27)16-29-3)15-17-9-4-5-10-18(17)19-11-6-7-12-20(19)24/h4-7,9-12H,8,13-16H2,1-3H3. The van der Waals surface area contributed by atoms with Crippen LogP contribution in [0.1, 0.15) is 18.4 Å². The molecular weight excluding hydrogens is 371 g/mol. The number of benzene rings is 2. The Morgan fingerprint density at radius 1 is 1.10 bits per heavy atom. The summed E-state index contributed by atoms with van der Waals surface area (Å²) in [6.07, 6.45) is 1.62. The van der Waals surface area contributed by atoms with E-state index in [0.717, 1.165) is 17.5 Å². The summed E-state index contributed by atoms with van der Waals surface area (Å²) >= 11 is 0. The largest absolute Gasteiger partial charge is 0.375 e. The van der Waals surface area contributed by atoms with E-state index in [1.807, 2.05) is 24.3 Å². The zero-order valence-electron chi connectivity index (χ0n) is 17.2. The Labute approximate surface area is 171 Å². The first-order chi connectivity index (χ1) is 13.9. The second kappa shape index (κ2) is 8.74. The van der Waals surface area contributed by atoms with Crippen LogP contribution in [-0.2, 0) is 20.7 Å². The third-order valence-corrected chi connectivity index (χ3v) is 5.53. The van der Waals surface area contributed by atoms with E-state index in [2.05, 4.69) is 0 Å². The topological polar surface area (TPSA) is 49.9 Å². The summed E-state index contributed by atoms with van der Waals surface area (Å²) in [5.41, 5.74) is 1.07. The number of amides is 2. The van der Waals surface area contributed by atoms with Gasteiger partial charge in [-0.1, -0.05) is 42.5 Å². The van der Waals surface area contributed by atoms with Crippen molar-refractivity contribution in [1.82, 2.24) is 9.80 Å². The molecule has 1 aliphatic rings. The molecule has 0 N–H and O–H groups in total. The van der Waals surface area contributed by atoms with Gasteiger partial charge in [0.2, 0.25) is 11.8 Å². The average Bonchev–Trinajstić information content (AvgIpc) is 3.13. The van der Waals surface area contributed by atoms with Crippen LogP contribution in [0.3, 0.4) is 0 Å². The quantitative estimate of drug-likeness (QED) is 0.751. The number of likely N-dealkylation sites (tertiary alicyclic amines) is 1. The molecule has 1 fully saturated rings. The molecule has 0 bridgehead atoms. The molecule has 0 aromatic heterocycles. The smallest absolute Gasteiger partial charge is 0.249 e. The molecule has 0 aliphatic carbocycles. The van der Waals surface area contributed by atoms with E-state index in [1.165, 1.54) is 18.1 Å². The first kappa shape index (κ1) is 21.0. The van der Waals surface area contributed by atoms with Gasteiger partial charge in [0.1, 0.15) is 18.0 Å². The minimum Gasteiger partial charge on any atom is -0.375 e. The Hall–Kier alpha value is -2.73. The summed E-state index contributed by atoms with van der Waals surface area (Å²) in [5, 5.41) is 0. The first-order valence-electron chi connectivity index (χ1n) is 9.74. The Balaban J connectivity index is 2.08. The third-order valence-electron chi connectivity index (χ3n) is 5.53. The Bertz CT molecular complexity index is 899. The van der Waals surface area contributed by atoms with Crippen LogP contribution in [0.4, 0.5) is 4.39 Å². The summed E-state index contributed by atoms with van der Waals surface area (Å²) in [5.74, 6) is -0.641. The Kier molecular flexibility index (Phi) is 6.33. The molecular formula is C23H27FN2O3. The molecule has 2 amide bonds. The maximum absolute atomic E-state index is 14.5. The van der Waals surface area contributed by atoms with Crippen molar-refractivity contribution in [1.29, 1.82) is 0 Å². The molecule has 1 heterocycles. The van der Waals surface area contributed by atoms with Gasteiger partial charge in [-0.2, -0.15) is 0 Å². The predicted octanol–water partition coefficient (Wildman–Crippen LogP) is 3.13. The molecule has 6 heteroatoms. The van der Waals surface area contributed by atoms with E-state index < -0.39 is 5.54 Å². The number of methoxy groups -OCH3 is 1. The second-order valence-electron chi connectivity index (χ2n) is 7.63. The van der Waals surface area contributed by atoms with Crippen LogP contribution < -0.4 is 0 Å². The van der Waals surface area contributed by atoms with Gasteiger partial charge in [-0.3, -0.25) is 9.59 Å². The lowest BCUT2D eigenvalue weighted by molar-refractivity contribution is -0.151. The molecule has 1 atom stereocenters. The predicted molar refractivity (Wildman–Crippen MR) is 110 cm³/mol. The number of hydrogen-bond acceptors (Lipinski definition) is 3. The number of carbonyl (C=O) groups is 2. The van der Waals surface area contributed by atoms with Crippen molar-refractivity contribution in [3.8, 4) is 11.1 Å². The van der Waals surface area contributed by atoms with Crippen LogP contribution in [0.5, 0.6) is 0 Å². The van der Waals surface area contributed by atoms with Gasteiger partial charge < -0.3 is 14.5 Å². The highest BCUT2D eigenvalue weighted by atomic mass is 19.1. The fourth-order valence-corrected chi connectivity index (χ4v) is 4.27. The number of hydrogen-bond donors (Lipinski definition) is 0. The number of halogens is 1. The van der Waals surface area contributed by atoms with Crippen molar-refractivity contribution in [2.75, 3.05) is 34.4 Å². The summed E-state index contributed by atoms with van der Waals surface area (Å²) in [7, 11) is 4.87. The van der Waals surface area contributed by atoms with Gasteiger partial charge in [-0.05, 0) is 30.0 Å². The number of carbonyl (C=O) groups excluding carboxylic acids is 2. The van der Waals surface area contributed by atoms with E-state index in [-0.39, 0.29) is 24.2 Å². The van der Waals surface area contributed by atoms with Crippen molar-refractivity contribution in [2.24, 2.45) is 0 Å². The zero-order valence-corrected chi connectivity index (χ0v) is 17.2. The van der Waals surface area contributed by atoms with Crippen LogP contribution in [0.25, 0.3) is 11.1 Å². The first-order valence-corrected chi connectivity index (χ1v) is 9.74. The highest BCUT2D eigenvalue weighted by molar-refractivity contribution is 5.93. The number of ether oxygens (including phenoxy) is 1. The number of likely N-dealkylation sites (N-methyl/N-ethyl adjacent to an activating group) is 1.